The van der Waals surface area contributed by atoms with Gasteiger partial charge in [-0.05, 0) is 138 Å². The fraction of sp³-hybridized carbons (Fsp3) is 0.135. The fourth-order valence-corrected chi connectivity index (χ4v) is 16.3. The largest absolute Gasteiger partial charge is 0.416 e. The van der Waals surface area contributed by atoms with Crippen LogP contribution in [0.1, 0.15) is 116 Å². The number of alkyl halides is 3. The molecule has 8 amide bonds. The molecule has 0 atom stereocenters. The van der Waals surface area contributed by atoms with E-state index in [1.807, 2.05) is 89.3 Å². The summed E-state index contributed by atoms with van der Waals surface area (Å²) in [6.07, 6.45) is 2.25. The molecule has 0 spiro atoms. The predicted molar refractivity (Wildman–Crippen MR) is 359 cm³/mol. The molecule has 4 aliphatic heterocycles. The molecule has 14 aromatic rings. The predicted octanol–water partition coefficient (Wildman–Crippen LogP) is 15.3. The Hall–Kier alpha value is -11.3. The molecule has 0 bridgehead atoms. The minimum atomic E-state index is -4.33. The van der Waals surface area contributed by atoms with Crippen LogP contribution in [0.5, 0.6) is 0 Å². The molecule has 0 unspecified atom stereocenters. The number of benzene rings is 10. The number of hydrogen-bond acceptors (Lipinski definition) is 14. The summed E-state index contributed by atoms with van der Waals surface area (Å²) in [6, 6.07) is 28.0. The maximum atomic E-state index is 13.1. The number of halogens is 3. The Bertz CT molecular complexity index is 5430. The monoisotopic (exact) mass is 1300 g/mol. The fourth-order valence-electron chi connectivity index (χ4n) is 14.4. The van der Waals surface area contributed by atoms with Gasteiger partial charge < -0.3 is 0 Å². The van der Waals surface area contributed by atoms with Crippen molar-refractivity contribution >= 4 is 156 Å². The molecular formula is C74H47F3N8O8S2. The number of nitrogens with zero attached hydrogens (tertiary/aromatic N) is 8. The highest BCUT2D eigenvalue weighted by Gasteiger charge is 2.39. The summed E-state index contributed by atoms with van der Waals surface area (Å²) < 4.78 is 38.1. The van der Waals surface area contributed by atoms with Crippen LogP contribution >= 0.6 is 22.7 Å². The second-order valence-electron chi connectivity index (χ2n) is 24.5. The topological polar surface area (TPSA) is 201 Å². The van der Waals surface area contributed by atoms with E-state index in [1.165, 1.54) is 79.4 Å². The van der Waals surface area contributed by atoms with Gasteiger partial charge in [0, 0.05) is 141 Å². The zero-order chi connectivity index (χ0) is 66.6. The lowest BCUT2D eigenvalue weighted by Gasteiger charge is -2.29. The molecule has 18 rings (SSSR count). The van der Waals surface area contributed by atoms with Crippen LogP contribution < -0.4 is 0 Å². The third kappa shape index (κ3) is 8.18. The first-order chi connectivity index (χ1) is 45.3. The molecule has 0 N–H and O–H groups in total. The van der Waals surface area contributed by atoms with Crippen LogP contribution in [-0.4, -0.2) is 115 Å². The van der Waals surface area contributed by atoms with E-state index in [-0.39, 0.29) is 35.4 Å². The number of aryl methyl sites for hydroxylation is 5. The molecule has 464 valence electrons. The number of fused-ring (bicyclic) bond motifs is 4. The summed E-state index contributed by atoms with van der Waals surface area (Å²) in [5, 5.41) is 12.5. The lowest BCUT2D eigenvalue weighted by Crippen LogP contribution is -2.37. The SMILES string of the molecule is Cc1cc2c3c(ccc4c5c(C)cc6c7c(ccc(c1c34)c75)C(=O)N(C)C6=O)C(=O)N(C)C2=O.Cc1cc2c3c(cnc4c5c(C)cc6c7c(cnc(c1c34)c75)C(=O)N(C)C6=O)C(=O)N(C)C2=O.Cc1ccc(-c2ncc(-c3cnc(-c4ccc(C(F)(F)F)cc4)s3)s2)cc1. The zero-order valence-electron chi connectivity index (χ0n) is 51.8. The highest BCUT2D eigenvalue weighted by Crippen LogP contribution is 2.50. The standard InChI is InChI=1S/C28H18N2O4.C26H16N4O4.C20H13F3N2S2/c1-11-9-17-21-15(25(31)29(3)27(17)33)8-6-14-20-12(2)10-18-22-16(26(32)30(4)28(18)34)7-5-13(24(20)22)19(11)23(14)21;1-9-5-11-17-13(25(33)29(3)23(11)31)8-28-22-16-10(2)6-12-18-14(26(34)30(4)24(12)32)7-27-21(20(16)18)15(9)19(17)22;1-12-2-4-13(5-3-12)18-24-10-16(26-18)17-11-25-19(27-17)14-6-8-15(9-7-14)20(21,22)23/h5-10H,1-4H3;5-8H,1-4H3;2-11H,1H3. The van der Waals surface area contributed by atoms with Crippen LogP contribution in [0.3, 0.4) is 0 Å². The average molecular weight is 1300 g/mol. The Labute approximate surface area is 544 Å². The van der Waals surface area contributed by atoms with Crippen molar-refractivity contribution in [1.29, 1.82) is 0 Å². The van der Waals surface area contributed by atoms with Crippen LogP contribution in [-0.2, 0) is 6.18 Å². The summed E-state index contributed by atoms with van der Waals surface area (Å²) in [5.41, 5.74) is 10.7. The summed E-state index contributed by atoms with van der Waals surface area (Å²) in [4.78, 5) is 129. The number of rotatable bonds is 3. The van der Waals surface area contributed by atoms with Crippen molar-refractivity contribution in [2.24, 2.45) is 0 Å². The third-order valence-electron chi connectivity index (χ3n) is 19.0. The average Bonchev–Trinajstić information content (AvgIpc) is 1.67. The van der Waals surface area contributed by atoms with Gasteiger partial charge in [-0.1, -0.05) is 54.1 Å². The van der Waals surface area contributed by atoms with Gasteiger partial charge >= 0.3 is 6.18 Å². The Morgan fingerprint density at radius 3 is 1.00 bits per heavy atom. The summed E-state index contributed by atoms with van der Waals surface area (Å²) in [6.45, 7) is 9.75. The lowest BCUT2D eigenvalue weighted by atomic mass is 9.80. The molecule has 0 saturated heterocycles. The molecule has 16 nitrogen and oxygen atoms in total. The van der Waals surface area contributed by atoms with E-state index in [2.05, 4.69) is 9.97 Å². The van der Waals surface area contributed by atoms with Crippen LogP contribution in [0, 0.1) is 34.6 Å². The van der Waals surface area contributed by atoms with Gasteiger partial charge in [0.2, 0.25) is 0 Å². The second kappa shape index (κ2) is 20.4. The van der Waals surface area contributed by atoms with E-state index in [1.54, 1.807) is 41.8 Å². The molecule has 4 aromatic heterocycles. The van der Waals surface area contributed by atoms with E-state index in [4.69, 9.17) is 9.97 Å². The molecule has 95 heavy (non-hydrogen) atoms. The van der Waals surface area contributed by atoms with Crippen LogP contribution in [0.25, 0.3) is 117 Å². The summed E-state index contributed by atoms with van der Waals surface area (Å²) in [5.74, 6) is -2.75. The Kier molecular flexibility index (Phi) is 12.6. The maximum absolute atomic E-state index is 13.1. The molecule has 8 heterocycles. The molecule has 0 saturated carbocycles. The van der Waals surface area contributed by atoms with E-state index in [0.29, 0.717) is 98.4 Å². The maximum Gasteiger partial charge on any atom is 0.416 e. The van der Waals surface area contributed by atoms with Crippen molar-refractivity contribution < 1.29 is 51.5 Å². The number of carbonyl (C=O) groups excluding carboxylic acids is 8. The first-order valence-corrected chi connectivity index (χ1v) is 31.6. The quantitative estimate of drug-likeness (QED) is 0.0922. The van der Waals surface area contributed by atoms with Gasteiger partial charge in [-0.25, -0.2) is 9.97 Å². The van der Waals surface area contributed by atoms with Gasteiger partial charge in [0.05, 0.1) is 37.5 Å². The second-order valence-corrected chi connectivity index (χ2v) is 26.6. The number of aromatic nitrogens is 4. The Morgan fingerprint density at radius 2 is 0.642 bits per heavy atom. The normalized spacial score (nSPS) is 14.6. The highest BCUT2D eigenvalue weighted by atomic mass is 32.1. The highest BCUT2D eigenvalue weighted by molar-refractivity contribution is 7.24. The summed E-state index contributed by atoms with van der Waals surface area (Å²) in [7, 11) is 5.96. The minimum Gasteiger partial charge on any atom is -0.277 e. The van der Waals surface area contributed by atoms with Crippen molar-refractivity contribution in [2.45, 2.75) is 40.8 Å². The molecule has 10 aromatic carbocycles. The zero-order valence-corrected chi connectivity index (χ0v) is 53.5. The number of imide groups is 4. The molecule has 21 heteroatoms. The van der Waals surface area contributed by atoms with Crippen LogP contribution in [0.2, 0.25) is 0 Å². The van der Waals surface area contributed by atoms with Gasteiger partial charge in [0.1, 0.15) is 10.0 Å². The number of thiazole rings is 2. The van der Waals surface area contributed by atoms with Crippen molar-refractivity contribution in [3.63, 3.8) is 0 Å². The first kappa shape index (κ1) is 58.8. The molecule has 4 aliphatic rings. The van der Waals surface area contributed by atoms with Gasteiger partial charge in [-0.15, -0.1) is 22.7 Å². The molecule has 0 aliphatic carbocycles. The van der Waals surface area contributed by atoms with Crippen molar-refractivity contribution in [1.82, 2.24) is 39.5 Å². The number of amides is 8. The van der Waals surface area contributed by atoms with Gasteiger partial charge in [-0.2, -0.15) is 13.2 Å². The Balaban J connectivity index is 0.000000113. The third-order valence-corrected chi connectivity index (χ3v) is 21.3. The molecular weight excluding hydrogens is 1250 g/mol. The van der Waals surface area contributed by atoms with E-state index < -0.39 is 23.6 Å². The van der Waals surface area contributed by atoms with Crippen LogP contribution in [0.15, 0.2) is 122 Å². The molecule has 0 fully saturated rings. The summed E-state index contributed by atoms with van der Waals surface area (Å²) >= 11 is 3.01. The van der Waals surface area contributed by atoms with Gasteiger partial charge in [0.25, 0.3) is 47.3 Å². The van der Waals surface area contributed by atoms with Gasteiger partial charge in [-0.3, -0.25) is 67.9 Å². The minimum absolute atomic E-state index is 0.309. The smallest absolute Gasteiger partial charge is 0.277 e. The van der Waals surface area contributed by atoms with E-state index in [9.17, 15) is 51.5 Å². The van der Waals surface area contributed by atoms with E-state index >= 15 is 0 Å². The number of pyridine rings is 2. The first-order valence-electron chi connectivity index (χ1n) is 29.9. The van der Waals surface area contributed by atoms with E-state index in [0.717, 1.165) is 108 Å². The lowest BCUT2D eigenvalue weighted by molar-refractivity contribution is -0.137. The van der Waals surface area contributed by atoms with Gasteiger partial charge in [0.15, 0.2) is 0 Å². The molecule has 0 radical (unpaired) electrons. The number of carbonyl (C=O) groups is 8. The Morgan fingerprint density at radius 1 is 0.326 bits per heavy atom. The van der Waals surface area contributed by atoms with Crippen molar-refractivity contribution in [3.8, 4) is 30.9 Å². The van der Waals surface area contributed by atoms with Crippen LogP contribution in [0.4, 0.5) is 13.2 Å². The van der Waals surface area contributed by atoms with Crippen molar-refractivity contribution in [2.75, 3.05) is 28.2 Å². The number of hydrogen-bond donors (Lipinski definition) is 0. The van der Waals surface area contributed by atoms with Crippen molar-refractivity contribution in [3.05, 3.63) is 200 Å².